The van der Waals surface area contributed by atoms with Crippen molar-refractivity contribution in [3.8, 4) is 5.95 Å². The van der Waals surface area contributed by atoms with Crippen LogP contribution < -0.4 is 5.32 Å². The third kappa shape index (κ3) is 3.13. The molecule has 0 radical (unpaired) electrons. The third-order valence-electron chi connectivity index (χ3n) is 2.54. The minimum absolute atomic E-state index is 0.636. The van der Waals surface area contributed by atoms with Gasteiger partial charge in [0.25, 0.3) is 5.95 Å². The van der Waals surface area contributed by atoms with Crippen molar-refractivity contribution in [3.05, 3.63) is 35.4 Å². The molecule has 0 aliphatic carbocycles. The van der Waals surface area contributed by atoms with Gasteiger partial charge in [0.2, 0.25) is 0 Å². The first-order valence-corrected chi connectivity index (χ1v) is 6.26. The van der Waals surface area contributed by atoms with Crippen LogP contribution in [0.3, 0.4) is 0 Å². The number of aromatic nitrogens is 4. The summed E-state index contributed by atoms with van der Waals surface area (Å²) in [5.41, 5.74) is 3.06. The van der Waals surface area contributed by atoms with Crippen molar-refractivity contribution in [1.82, 2.24) is 25.1 Å². The smallest absolute Gasteiger partial charge is 0.251 e. The average molecular weight is 245 g/mol. The quantitative estimate of drug-likeness (QED) is 0.816. The van der Waals surface area contributed by atoms with Crippen LogP contribution in [0.5, 0.6) is 0 Å². The van der Waals surface area contributed by atoms with Crippen LogP contribution in [0.2, 0.25) is 0 Å². The molecule has 0 fully saturated rings. The SMILES string of the molecule is CCCNCc1cc(C)nc(-n2cc(C)cn2)n1. The predicted octanol–water partition coefficient (Wildman–Crippen LogP) is 1.78. The Bertz CT molecular complexity index is 518. The van der Waals surface area contributed by atoms with Gasteiger partial charge in [-0.25, -0.2) is 14.6 Å². The van der Waals surface area contributed by atoms with Gasteiger partial charge in [-0.2, -0.15) is 5.10 Å². The summed E-state index contributed by atoms with van der Waals surface area (Å²) in [6.07, 6.45) is 4.86. The van der Waals surface area contributed by atoms with E-state index in [0.29, 0.717) is 5.95 Å². The molecule has 0 spiro atoms. The highest BCUT2D eigenvalue weighted by Gasteiger charge is 2.05. The molecule has 5 nitrogen and oxygen atoms in total. The van der Waals surface area contributed by atoms with Crippen molar-refractivity contribution in [3.63, 3.8) is 0 Å². The first-order valence-electron chi connectivity index (χ1n) is 6.26. The average Bonchev–Trinajstić information content (AvgIpc) is 2.76. The van der Waals surface area contributed by atoms with Gasteiger partial charge in [-0.05, 0) is 38.4 Å². The second kappa shape index (κ2) is 5.73. The third-order valence-corrected chi connectivity index (χ3v) is 2.54. The molecule has 1 N–H and O–H groups in total. The summed E-state index contributed by atoms with van der Waals surface area (Å²) in [7, 11) is 0. The summed E-state index contributed by atoms with van der Waals surface area (Å²) in [6, 6.07) is 2.00. The summed E-state index contributed by atoms with van der Waals surface area (Å²) < 4.78 is 1.71. The van der Waals surface area contributed by atoms with Gasteiger partial charge in [-0.1, -0.05) is 6.92 Å². The van der Waals surface area contributed by atoms with Gasteiger partial charge in [-0.15, -0.1) is 0 Å². The second-order valence-corrected chi connectivity index (χ2v) is 4.44. The molecule has 0 bridgehead atoms. The minimum atomic E-state index is 0.636. The number of hydrogen-bond acceptors (Lipinski definition) is 4. The van der Waals surface area contributed by atoms with Crippen molar-refractivity contribution in [1.29, 1.82) is 0 Å². The van der Waals surface area contributed by atoms with E-state index >= 15 is 0 Å². The van der Waals surface area contributed by atoms with Crippen LogP contribution in [0.1, 0.15) is 30.3 Å². The van der Waals surface area contributed by atoms with Gasteiger partial charge >= 0.3 is 0 Å². The molecule has 0 saturated carbocycles. The number of hydrogen-bond donors (Lipinski definition) is 1. The fourth-order valence-corrected chi connectivity index (χ4v) is 1.73. The number of nitrogens with zero attached hydrogens (tertiary/aromatic N) is 4. The lowest BCUT2D eigenvalue weighted by Gasteiger charge is -2.06. The first kappa shape index (κ1) is 12.7. The molecule has 0 aliphatic heterocycles. The second-order valence-electron chi connectivity index (χ2n) is 4.44. The number of aryl methyl sites for hydroxylation is 2. The Hall–Kier alpha value is -1.75. The van der Waals surface area contributed by atoms with Crippen molar-refractivity contribution in [2.75, 3.05) is 6.54 Å². The maximum atomic E-state index is 4.52. The topological polar surface area (TPSA) is 55.6 Å². The number of rotatable bonds is 5. The Balaban J connectivity index is 2.21. The molecule has 2 aromatic heterocycles. The summed E-state index contributed by atoms with van der Waals surface area (Å²) in [6.45, 7) is 7.90. The summed E-state index contributed by atoms with van der Waals surface area (Å²) in [5.74, 6) is 0.636. The Morgan fingerprint density at radius 1 is 1.28 bits per heavy atom. The molecule has 0 amide bonds. The summed E-state index contributed by atoms with van der Waals surface area (Å²) in [4.78, 5) is 8.92. The van der Waals surface area contributed by atoms with Crippen LogP contribution in [0.4, 0.5) is 0 Å². The van der Waals surface area contributed by atoms with E-state index in [4.69, 9.17) is 0 Å². The molecule has 18 heavy (non-hydrogen) atoms. The van der Waals surface area contributed by atoms with Crippen LogP contribution in [0.15, 0.2) is 18.5 Å². The van der Waals surface area contributed by atoms with E-state index in [1.807, 2.05) is 26.1 Å². The zero-order valence-corrected chi connectivity index (χ0v) is 11.1. The lowest BCUT2D eigenvalue weighted by Crippen LogP contribution is -2.16. The molecule has 0 saturated heterocycles. The maximum Gasteiger partial charge on any atom is 0.251 e. The van der Waals surface area contributed by atoms with Gasteiger partial charge in [0.1, 0.15) is 0 Å². The van der Waals surface area contributed by atoms with Gasteiger partial charge < -0.3 is 5.32 Å². The zero-order valence-electron chi connectivity index (χ0n) is 11.1. The Kier molecular flexibility index (Phi) is 4.04. The Morgan fingerprint density at radius 2 is 2.11 bits per heavy atom. The lowest BCUT2D eigenvalue weighted by molar-refractivity contribution is 0.656. The van der Waals surface area contributed by atoms with E-state index < -0.39 is 0 Å². The van der Waals surface area contributed by atoms with Crippen LogP contribution in [-0.2, 0) is 6.54 Å². The maximum absolute atomic E-state index is 4.52. The molecule has 2 rings (SSSR count). The minimum Gasteiger partial charge on any atom is -0.311 e. The highest BCUT2D eigenvalue weighted by Crippen LogP contribution is 2.06. The van der Waals surface area contributed by atoms with Crippen molar-refractivity contribution >= 4 is 0 Å². The molecule has 0 atom stereocenters. The molecule has 0 aromatic carbocycles. The van der Waals surface area contributed by atoms with E-state index in [-0.39, 0.29) is 0 Å². The molecular formula is C13H19N5. The Labute approximate surface area is 107 Å². The zero-order chi connectivity index (χ0) is 13.0. The van der Waals surface area contributed by atoms with Gasteiger partial charge in [0, 0.05) is 18.4 Å². The number of nitrogens with one attached hydrogen (secondary N) is 1. The summed E-state index contributed by atoms with van der Waals surface area (Å²) >= 11 is 0. The van der Waals surface area contributed by atoms with Gasteiger partial charge in [0.05, 0.1) is 11.9 Å². The normalized spacial score (nSPS) is 10.8. The highest BCUT2D eigenvalue weighted by atomic mass is 15.3. The van der Waals surface area contributed by atoms with E-state index in [0.717, 1.165) is 36.5 Å². The van der Waals surface area contributed by atoms with Crippen LogP contribution in [0, 0.1) is 13.8 Å². The monoisotopic (exact) mass is 245 g/mol. The Morgan fingerprint density at radius 3 is 2.78 bits per heavy atom. The molecule has 0 unspecified atom stereocenters. The van der Waals surface area contributed by atoms with Gasteiger partial charge in [-0.3, -0.25) is 0 Å². The van der Waals surface area contributed by atoms with Crippen LogP contribution in [-0.4, -0.2) is 26.3 Å². The summed E-state index contributed by atoms with van der Waals surface area (Å²) in [5, 5.41) is 7.58. The van der Waals surface area contributed by atoms with E-state index in [1.54, 1.807) is 10.9 Å². The molecule has 96 valence electrons. The van der Waals surface area contributed by atoms with Crippen molar-refractivity contribution < 1.29 is 0 Å². The molecule has 2 aromatic rings. The first-order chi connectivity index (χ1) is 8.69. The standard InChI is InChI=1S/C13H19N5/c1-4-5-14-8-12-6-11(3)16-13(17-12)18-9-10(2)7-15-18/h6-7,9,14H,4-5,8H2,1-3H3. The fraction of sp³-hybridized carbons (Fsp3) is 0.462. The van der Waals surface area contributed by atoms with E-state index in [9.17, 15) is 0 Å². The van der Waals surface area contributed by atoms with E-state index in [2.05, 4.69) is 27.3 Å². The van der Waals surface area contributed by atoms with E-state index in [1.165, 1.54) is 0 Å². The predicted molar refractivity (Wildman–Crippen MR) is 70.6 cm³/mol. The van der Waals surface area contributed by atoms with Crippen molar-refractivity contribution in [2.24, 2.45) is 0 Å². The van der Waals surface area contributed by atoms with Crippen molar-refractivity contribution in [2.45, 2.75) is 33.7 Å². The fourth-order valence-electron chi connectivity index (χ4n) is 1.73. The molecule has 5 heteroatoms. The highest BCUT2D eigenvalue weighted by molar-refractivity contribution is 5.19. The largest absolute Gasteiger partial charge is 0.311 e. The van der Waals surface area contributed by atoms with Crippen LogP contribution >= 0.6 is 0 Å². The molecule has 0 aliphatic rings. The lowest BCUT2D eigenvalue weighted by atomic mass is 10.3. The van der Waals surface area contributed by atoms with Gasteiger partial charge in [0.15, 0.2) is 0 Å². The molecular weight excluding hydrogens is 226 g/mol. The van der Waals surface area contributed by atoms with Crippen LogP contribution in [0.25, 0.3) is 5.95 Å². The molecule has 2 heterocycles.